The Hall–Kier alpha value is -1.74. The molecule has 21 heavy (non-hydrogen) atoms. The third-order valence-electron chi connectivity index (χ3n) is 3.75. The van der Waals surface area contributed by atoms with Crippen molar-refractivity contribution in [2.24, 2.45) is 0 Å². The van der Waals surface area contributed by atoms with Gasteiger partial charge in [-0.1, -0.05) is 25.1 Å². The second-order valence-corrected chi connectivity index (χ2v) is 5.44. The molecule has 0 aliphatic rings. The number of halogens is 2. The van der Waals surface area contributed by atoms with Gasteiger partial charge in [0.15, 0.2) is 0 Å². The lowest BCUT2D eigenvalue weighted by molar-refractivity contribution is 0.538. The van der Waals surface area contributed by atoms with Crippen LogP contribution in [0.2, 0.25) is 0 Å². The van der Waals surface area contributed by atoms with Crippen molar-refractivity contribution in [1.29, 1.82) is 0 Å². The SMILES string of the molecule is CCNC(Cc1cc(F)cc(F)c1)c1ccc(C)c(C)c1. The molecule has 1 unspecified atom stereocenters. The first-order valence-corrected chi connectivity index (χ1v) is 7.25. The molecule has 2 aromatic rings. The second kappa shape index (κ2) is 6.81. The Bertz CT molecular complexity index is 602. The molecule has 0 heterocycles. The monoisotopic (exact) mass is 289 g/mol. The topological polar surface area (TPSA) is 12.0 Å². The third-order valence-corrected chi connectivity index (χ3v) is 3.75. The van der Waals surface area contributed by atoms with Crippen molar-refractivity contribution in [1.82, 2.24) is 5.32 Å². The lowest BCUT2D eigenvalue weighted by Crippen LogP contribution is -2.23. The molecule has 0 aliphatic heterocycles. The van der Waals surface area contributed by atoms with E-state index in [9.17, 15) is 8.78 Å². The van der Waals surface area contributed by atoms with Gasteiger partial charge in [-0.3, -0.25) is 0 Å². The minimum atomic E-state index is -0.527. The number of hydrogen-bond donors (Lipinski definition) is 1. The fourth-order valence-electron chi connectivity index (χ4n) is 2.50. The minimum absolute atomic E-state index is 0.0514. The van der Waals surface area contributed by atoms with E-state index in [1.54, 1.807) is 0 Å². The first kappa shape index (κ1) is 15.6. The zero-order valence-electron chi connectivity index (χ0n) is 12.7. The van der Waals surface area contributed by atoms with E-state index in [1.807, 2.05) is 6.92 Å². The van der Waals surface area contributed by atoms with E-state index in [0.717, 1.165) is 18.2 Å². The zero-order valence-corrected chi connectivity index (χ0v) is 12.7. The molecular weight excluding hydrogens is 268 g/mol. The Morgan fingerprint density at radius 3 is 2.19 bits per heavy atom. The Morgan fingerprint density at radius 1 is 0.952 bits per heavy atom. The van der Waals surface area contributed by atoms with Crippen molar-refractivity contribution >= 4 is 0 Å². The quantitative estimate of drug-likeness (QED) is 0.856. The molecule has 0 aliphatic carbocycles. The van der Waals surface area contributed by atoms with E-state index in [4.69, 9.17) is 0 Å². The van der Waals surface area contributed by atoms with Gasteiger partial charge < -0.3 is 5.32 Å². The minimum Gasteiger partial charge on any atom is -0.310 e. The summed E-state index contributed by atoms with van der Waals surface area (Å²) in [4.78, 5) is 0. The predicted octanol–water partition coefficient (Wildman–Crippen LogP) is 4.47. The predicted molar refractivity (Wildman–Crippen MR) is 82.4 cm³/mol. The van der Waals surface area contributed by atoms with Gasteiger partial charge in [-0.15, -0.1) is 0 Å². The van der Waals surface area contributed by atoms with Crippen LogP contribution < -0.4 is 5.32 Å². The number of rotatable bonds is 5. The Morgan fingerprint density at radius 2 is 1.62 bits per heavy atom. The van der Waals surface area contributed by atoms with Crippen LogP contribution in [0.15, 0.2) is 36.4 Å². The fourth-order valence-corrected chi connectivity index (χ4v) is 2.50. The normalized spacial score (nSPS) is 12.4. The highest BCUT2D eigenvalue weighted by Crippen LogP contribution is 2.22. The molecule has 1 atom stereocenters. The van der Waals surface area contributed by atoms with E-state index < -0.39 is 11.6 Å². The van der Waals surface area contributed by atoms with Gasteiger partial charge in [-0.05, 0) is 61.2 Å². The molecule has 0 radical (unpaired) electrons. The van der Waals surface area contributed by atoms with Gasteiger partial charge in [0, 0.05) is 12.1 Å². The largest absolute Gasteiger partial charge is 0.310 e. The molecule has 1 nitrogen and oxygen atoms in total. The van der Waals surface area contributed by atoms with Crippen molar-refractivity contribution < 1.29 is 8.78 Å². The molecule has 2 aromatic carbocycles. The van der Waals surface area contributed by atoms with Gasteiger partial charge in [0.2, 0.25) is 0 Å². The lowest BCUT2D eigenvalue weighted by Gasteiger charge is -2.20. The third kappa shape index (κ3) is 4.11. The van der Waals surface area contributed by atoms with Crippen LogP contribution in [0.4, 0.5) is 8.78 Å². The van der Waals surface area contributed by atoms with Gasteiger partial charge >= 0.3 is 0 Å². The molecule has 0 saturated carbocycles. The number of aryl methyl sites for hydroxylation is 2. The van der Waals surface area contributed by atoms with Crippen molar-refractivity contribution in [3.63, 3.8) is 0 Å². The van der Waals surface area contributed by atoms with Crippen LogP contribution in [0.3, 0.4) is 0 Å². The van der Waals surface area contributed by atoms with Gasteiger partial charge in [0.05, 0.1) is 0 Å². The van der Waals surface area contributed by atoms with Crippen molar-refractivity contribution in [2.75, 3.05) is 6.54 Å². The number of benzene rings is 2. The van der Waals surface area contributed by atoms with Gasteiger partial charge in [0.25, 0.3) is 0 Å². The highest BCUT2D eigenvalue weighted by molar-refractivity contribution is 5.33. The summed E-state index contributed by atoms with van der Waals surface area (Å²) < 4.78 is 26.6. The maximum Gasteiger partial charge on any atom is 0.126 e. The number of likely N-dealkylation sites (N-methyl/N-ethyl adjacent to an activating group) is 1. The molecule has 0 bridgehead atoms. The molecule has 0 aromatic heterocycles. The zero-order chi connectivity index (χ0) is 15.4. The van der Waals surface area contributed by atoms with Crippen LogP contribution in [0.25, 0.3) is 0 Å². The molecule has 3 heteroatoms. The molecule has 0 fully saturated rings. The first-order chi connectivity index (χ1) is 9.99. The highest BCUT2D eigenvalue weighted by Gasteiger charge is 2.13. The smallest absolute Gasteiger partial charge is 0.126 e. The molecule has 112 valence electrons. The van der Waals surface area contributed by atoms with Gasteiger partial charge in [0.1, 0.15) is 11.6 Å². The maximum absolute atomic E-state index is 13.3. The molecule has 1 N–H and O–H groups in total. The summed E-state index contributed by atoms with van der Waals surface area (Å²) in [6.07, 6.45) is 0.561. The Labute approximate surface area is 125 Å². The van der Waals surface area contributed by atoms with Crippen molar-refractivity contribution in [3.8, 4) is 0 Å². The molecular formula is C18H21F2N. The summed E-state index contributed by atoms with van der Waals surface area (Å²) in [6, 6.07) is 10.0. The first-order valence-electron chi connectivity index (χ1n) is 7.25. The van der Waals surface area contributed by atoms with E-state index in [1.165, 1.54) is 23.3 Å². The lowest BCUT2D eigenvalue weighted by atomic mass is 9.96. The molecule has 0 amide bonds. The summed E-state index contributed by atoms with van der Waals surface area (Å²) in [7, 11) is 0. The average molecular weight is 289 g/mol. The summed E-state index contributed by atoms with van der Waals surface area (Å²) in [6.45, 7) is 6.97. The Balaban J connectivity index is 2.27. The highest BCUT2D eigenvalue weighted by atomic mass is 19.1. The molecule has 2 rings (SSSR count). The van der Waals surface area contributed by atoms with E-state index in [0.29, 0.717) is 12.0 Å². The van der Waals surface area contributed by atoms with Crippen LogP contribution in [-0.2, 0) is 6.42 Å². The number of nitrogens with one attached hydrogen (secondary N) is 1. The second-order valence-electron chi connectivity index (χ2n) is 5.44. The van der Waals surface area contributed by atoms with Crippen LogP contribution in [0, 0.1) is 25.5 Å². The summed E-state index contributed by atoms with van der Waals surface area (Å²) in [5.74, 6) is -1.05. The van der Waals surface area contributed by atoms with Gasteiger partial charge in [-0.25, -0.2) is 8.78 Å². The van der Waals surface area contributed by atoms with Crippen molar-refractivity contribution in [3.05, 3.63) is 70.3 Å². The van der Waals surface area contributed by atoms with E-state index in [2.05, 4.69) is 37.4 Å². The number of hydrogen-bond acceptors (Lipinski definition) is 1. The molecule has 0 saturated heterocycles. The average Bonchev–Trinajstić information content (AvgIpc) is 2.40. The summed E-state index contributed by atoms with van der Waals surface area (Å²) >= 11 is 0. The van der Waals surface area contributed by atoms with Crippen LogP contribution >= 0.6 is 0 Å². The summed E-state index contributed by atoms with van der Waals surface area (Å²) in [5.41, 5.74) is 4.27. The Kier molecular flexibility index (Phi) is 5.07. The van der Waals surface area contributed by atoms with Gasteiger partial charge in [-0.2, -0.15) is 0 Å². The van der Waals surface area contributed by atoms with E-state index in [-0.39, 0.29) is 6.04 Å². The van der Waals surface area contributed by atoms with Crippen LogP contribution in [0.1, 0.15) is 35.2 Å². The fraction of sp³-hybridized carbons (Fsp3) is 0.333. The van der Waals surface area contributed by atoms with Crippen molar-refractivity contribution in [2.45, 2.75) is 33.2 Å². The van der Waals surface area contributed by atoms with Crippen LogP contribution in [-0.4, -0.2) is 6.54 Å². The van der Waals surface area contributed by atoms with E-state index >= 15 is 0 Å². The summed E-state index contributed by atoms with van der Waals surface area (Å²) in [5, 5.41) is 3.39. The molecule has 0 spiro atoms. The van der Waals surface area contributed by atoms with Crippen LogP contribution in [0.5, 0.6) is 0 Å². The standard InChI is InChI=1S/C18H21F2N/c1-4-21-18(15-6-5-12(2)13(3)7-15)10-14-8-16(19)11-17(20)9-14/h5-9,11,18,21H,4,10H2,1-3H3. The maximum atomic E-state index is 13.3.